The molecule has 3 rings (SSSR count). The lowest BCUT2D eigenvalue weighted by Gasteiger charge is -2.22. The Morgan fingerprint density at radius 1 is 1.12 bits per heavy atom. The van der Waals surface area contributed by atoms with Gasteiger partial charge in [0.2, 0.25) is 10.0 Å². The van der Waals surface area contributed by atoms with Gasteiger partial charge in [-0.05, 0) is 39.0 Å². The van der Waals surface area contributed by atoms with Crippen molar-refractivity contribution < 1.29 is 22.6 Å². The SMILES string of the molecule is CCOc1ccc(S(=O)(=O)N(CCOC)CCOC)cc1-c1nn2c(C)nc(C)c2c(=O)[nH]1. The van der Waals surface area contributed by atoms with Gasteiger partial charge in [0.25, 0.3) is 5.56 Å². The number of hydrogen-bond donors (Lipinski definition) is 1. The summed E-state index contributed by atoms with van der Waals surface area (Å²) in [5.41, 5.74) is 0.862. The van der Waals surface area contributed by atoms with Gasteiger partial charge in [-0.2, -0.15) is 4.31 Å². The highest BCUT2D eigenvalue weighted by molar-refractivity contribution is 7.89. The summed E-state index contributed by atoms with van der Waals surface area (Å²) in [6.07, 6.45) is 0. The lowest BCUT2D eigenvalue weighted by Crippen LogP contribution is -2.36. The Labute approximate surface area is 192 Å². The smallest absolute Gasteiger partial charge is 0.277 e. The Balaban J connectivity index is 2.16. The van der Waals surface area contributed by atoms with Crippen LogP contribution in [0.3, 0.4) is 0 Å². The van der Waals surface area contributed by atoms with Crippen molar-refractivity contribution in [2.24, 2.45) is 0 Å². The molecule has 180 valence electrons. The molecule has 0 fully saturated rings. The molecule has 3 aromatic rings. The summed E-state index contributed by atoms with van der Waals surface area (Å²) in [4.78, 5) is 19.8. The summed E-state index contributed by atoms with van der Waals surface area (Å²) in [7, 11) is -0.870. The van der Waals surface area contributed by atoms with Crippen LogP contribution in [0.15, 0.2) is 27.9 Å². The predicted octanol–water partition coefficient (Wildman–Crippen LogP) is 1.38. The van der Waals surface area contributed by atoms with Crippen LogP contribution in [-0.4, -0.2) is 79.4 Å². The summed E-state index contributed by atoms with van der Waals surface area (Å²) in [5.74, 6) is 1.12. The molecule has 0 aliphatic heterocycles. The van der Waals surface area contributed by atoms with Gasteiger partial charge in [-0.3, -0.25) is 4.79 Å². The molecule has 0 bridgehead atoms. The van der Waals surface area contributed by atoms with Crippen molar-refractivity contribution in [3.05, 3.63) is 40.1 Å². The van der Waals surface area contributed by atoms with E-state index >= 15 is 0 Å². The number of fused-ring (bicyclic) bond motifs is 1. The Morgan fingerprint density at radius 3 is 2.39 bits per heavy atom. The molecule has 1 N–H and O–H groups in total. The van der Waals surface area contributed by atoms with Gasteiger partial charge in [0.15, 0.2) is 11.3 Å². The second-order valence-electron chi connectivity index (χ2n) is 7.29. The van der Waals surface area contributed by atoms with E-state index in [2.05, 4.69) is 15.1 Å². The first-order valence-corrected chi connectivity index (χ1v) is 11.9. The fraction of sp³-hybridized carbons (Fsp3) is 0.476. The van der Waals surface area contributed by atoms with Crippen molar-refractivity contribution in [3.63, 3.8) is 0 Å². The standard InChI is InChI=1S/C21H29N5O6S/c1-6-32-18-8-7-16(33(28,29)25(9-11-30-4)10-12-31-5)13-17(18)20-23-21(27)19-14(2)22-15(3)26(19)24-20/h7-8,13H,6,9-12H2,1-5H3,(H,23,24,27). The van der Waals surface area contributed by atoms with Crippen molar-refractivity contribution in [1.82, 2.24) is 23.9 Å². The van der Waals surface area contributed by atoms with E-state index in [1.807, 2.05) is 6.92 Å². The molecule has 12 heteroatoms. The van der Waals surface area contributed by atoms with Gasteiger partial charge >= 0.3 is 0 Å². The maximum atomic E-state index is 13.4. The molecule has 1 aromatic carbocycles. The largest absolute Gasteiger partial charge is 0.493 e. The maximum Gasteiger partial charge on any atom is 0.277 e. The first-order valence-electron chi connectivity index (χ1n) is 10.5. The number of rotatable bonds is 11. The van der Waals surface area contributed by atoms with Crippen LogP contribution < -0.4 is 10.3 Å². The van der Waals surface area contributed by atoms with Crippen molar-refractivity contribution in [2.75, 3.05) is 47.1 Å². The topological polar surface area (TPSA) is 128 Å². The van der Waals surface area contributed by atoms with Gasteiger partial charge in [0.05, 0.1) is 36.0 Å². The Morgan fingerprint density at radius 2 is 1.79 bits per heavy atom. The number of hydrogen-bond acceptors (Lipinski definition) is 8. The summed E-state index contributed by atoms with van der Waals surface area (Å²) < 4.78 is 45.4. The third-order valence-electron chi connectivity index (χ3n) is 5.07. The van der Waals surface area contributed by atoms with Crippen LogP contribution in [0.25, 0.3) is 16.9 Å². The maximum absolute atomic E-state index is 13.4. The minimum absolute atomic E-state index is 0.0365. The van der Waals surface area contributed by atoms with Crippen molar-refractivity contribution >= 4 is 15.5 Å². The fourth-order valence-electron chi connectivity index (χ4n) is 3.48. The molecule has 0 aliphatic carbocycles. The number of nitrogens with zero attached hydrogens (tertiary/aromatic N) is 4. The van der Waals surface area contributed by atoms with Crippen LogP contribution in [0.4, 0.5) is 0 Å². The summed E-state index contributed by atoms with van der Waals surface area (Å²) in [6.45, 7) is 6.43. The van der Waals surface area contributed by atoms with E-state index in [9.17, 15) is 13.2 Å². The monoisotopic (exact) mass is 479 g/mol. The van der Waals surface area contributed by atoms with Crippen LogP contribution >= 0.6 is 0 Å². The lowest BCUT2D eigenvalue weighted by molar-refractivity contribution is 0.150. The van der Waals surface area contributed by atoms with E-state index in [0.29, 0.717) is 35.0 Å². The molecule has 0 atom stereocenters. The number of methoxy groups -OCH3 is 2. The minimum Gasteiger partial charge on any atom is -0.493 e. The molecule has 0 saturated carbocycles. The number of ether oxygens (including phenoxy) is 3. The van der Waals surface area contributed by atoms with E-state index in [0.717, 1.165) is 0 Å². The van der Waals surface area contributed by atoms with Gasteiger partial charge in [-0.1, -0.05) is 0 Å². The van der Waals surface area contributed by atoms with E-state index in [1.165, 1.54) is 35.2 Å². The number of sulfonamides is 1. The van der Waals surface area contributed by atoms with E-state index in [-0.39, 0.29) is 42.6 Å². The normalized spacial score (nSPS) is 12.1. The predicted molar refractivity (Wildman–Crippen MR) is 122 cm³/mol. The van der Waals surface area contributed by atoms with E-state index < -0.39 is 10.0 Å². The zero-order chi connectivity index (χ0) is 24.2. The van der Waals surface area contributed by atoms with Crippen molar-refractivity contribution in [1.29, 1.82) is 0 Å². The second kappa shape index (κ2) is 10.4. The summed E-state index contributed by atoms with van der Waals surface area (Å²) >= 11 is 0. The molecule has 0 aliphatic rings. The van der Waals surface area contributed by atoms with Crippen LogP contribution in [0.5, 0.6) is 5.75 Å². The number of aromatic amines is 1. The van der Waals surface area contributed by atoms with Gasteiger partial charge in [-0.15, -0.1) is 5.10 Å². The van der Waals surface area contributed by atoms with Gasteiger partial charge in [0.1, 0.15) is 11.6 Å². The van der Waals surface area contributed by atoms with E-state index in [1.54, 1.807) is 19.9 Å². The van der Waals surface area contributed by atoms with Crippen LogP contribution in [-0.2, 0) is 19.5 Å². The average Bonchev–Trinajstić information content (AvgIpc) is 3.07. The highest BCUT2D eigenvalue weighted by Gasteiger charge is 2.26. The van der Waals surface area contributed by atoms with Crippen molar-refractivity contribution in [3.8, 4) is 17.1 Å². The third kappa shape index (κ3) is 5.08. The number of benzene rings is 1. The van der Waals surface area contributed by atoms with Crippen molar-refractivity contribution in [2.45, 2.75) is 25.7 Å². The molecule has 0 unspecified atom stereocenters. The number of aryl methyl sites for hydroxylation is 2. The molecular formula is C21H29N5O6S. The quantitative estimate of drug-likeness (QED) is 0.437. The molecule has 2 heterocycles. The first-order chi connectivity index (χ1) is 15.7. The van der Waals surface area contributed by atoms with Gasteiger partial charge in [0, 0.05) is 27.3 Å². The molecule has 0 saturated heterocycles. The lowest BCUT2D eigenvalue weighted by atomic mass is 10.2. The number of imidazole rings is 1. The Hall–Kier alpha value is -2.80. The molecule has 2 aromatic heterocycles. The Kier molecular flexibility index (Phi) is 7.84. The van der Waals surface area contributed by atoms with Crippen LogP contribution in [0.1, 0.15) is 18.4 Å². The average molecular weight is 480 g/mol. The zero-order valence-electron chi connectivity index (χ0n) is 19.4. The zero-order valence-corrected chi connectivity index (χ0v) is 20.2. The van der Waals surface area contributed by atoms with Crippen LogP contribution in [0, 0.1) is 13.8 Å². The number of nitrogens with one attached hydrogen (secondary N) is 1. The minimum atomic E-state index is -3.89. The second-order valence-corrected chi connectivity index (χ2v) is 9.23. The molecule has 0 amide bonds. The molecule has 0 radical (unpaired) electrons. The molecular weight excluding hydrogens is 450 g/mol. The summed E-state index contributed by atoms with van der Waals surface area (Å²) in [5, 5.41) is 4.51. The first kappa shape index (κ1) is 24.8. The fourth-order valence-corrected chi connectivity index (χ4v) is 4.91. The van der Waals surface area contributed by atoms with Gasteiger partial charge < -0.3 is 19.2 Å². The molecule has 11 nitrogen and oxygen atoms in total. The van der Waals surface area contributed by atoms with E-state index in [4.69, 9.17) is 14.2 Å². The highest BCUT2D eigenvalue weighted by Crippen LogP contribution is 2.31. The van der Waals surface area contributed by atoms with Gasteiger partial charge in [-0.25, -0.2) is 17.9 Å². The highest BCUT2D eigenvalue weighted by atomic mass is 32.2. The van der Waals surface area contributed by atoms with Crippen LogP contribution in [0.2, 0.25) is 0 Å². The summed E-state index contributed by atoms with van der Waals surface area (Å²) in [6, 6.07) is 4.49. The Bertz CT molecular complexity index is 1280. The number of H-pyrrole nitrogens is 1. The molecule has 0 spiro atoms. The third-order valence-corrected chi connectivity index (χ3v) is 6.97. The molecule has 33 heavy (non-hydrogen) atoms. The number of aromatic nitrogens is 4.